The Morgan fingerprint density at radius 1 is 1.26 bits per heavy atom. The number of halogens is 3. The van der Waals surface area contributed by atoms with Crippen LogP contribution < -0.4 is 5.32 Å². The molecule has 0 spiro atoms. The van der Waals surface area contributed by atoms with E-state index in [0.717, 1.165) is 5.56 Å². The molecule has 0 aliphatic carbocycles. The van der Waals surface area contributed by atoms with Crippen LogP contribution in [0.4, 0.5) is 4.39 Å². The fraction of sp³-hybridized carbons (Fsp3) is 0.368. The lowest BCUT2D eigenvalue weighted by Gasteiger charge is -2.31. The predicted octanol–water partition coefficient (Wildman–Crippen LogP) is 4.67. The van der Waals surface area contributed by atoms with Gasteiger partial charge in [-0.2, -0.15) is 0 Å². The summed E-state index contributed by atoms with van der Waals surface area (Å²) >= 11 is 13.1. The third kappa shape index (κ3) is 4.81. The molecular weight excluding hydrogens is 410 g/mol. The van der Waals surface area contributed by atoms with Crippen molar-refractivity contribution in [2.24, 2.45) is 5.92 Å². The minimum absolute atomic E-state index is 0.0697. The molecule has 144 valence electrons. The molecule has 1 aliphatic rings. The summed E-state index contributed by atoms with van der Waals surface area (Å²) in [6, 6.07) is 6.52. The van der Waals surface area contributed by atoms with E-state index < -0.39 is 0 Å². The fourth-order valence-corrected chi connectivity index (χ4v) is 4.53. The number of thiophene rings is 1. The van der Waals surface area contributed by atoms with Gasteiger partial charge < -0.3 is 10.2 Å². The number of nitrogens with zero attached hydrogens (tertiary/aromatic N) is 1. The molecule has 0 saturated carbocycles. The highest BCUT2D eigenvalue weighted by atomic mass is 35.5. The van der Waals surface area contributed by atoms with Crippen LogP contribution >= 0.6 is 34.5 Å². The number of hydrogen-bond acceptors (Lipinski definition) is 3. The summed E-state index contributed by atoms with van der Waals surface area (Å²) in [6.07, 6.45) is 1.16. The molecule has 1 N–H and O–H groups in total. The van der Waals surface area contributed by atoms with Crippen LogP contribution in [0.25, 0.3) is 0 Å². The first-order chi connectivity index (χ1) is 12.8. The van der Waals surface area contributed by atoms with Gasteiger partial charge in [0.25, 0.3) is 5.91 Å². The van der Waals surface area contributed by atoms with Crippen molar-refractivity contribution in [3.8, 4) is 0 Å². The van der Waals surface area contributed by atoms with Gasteiger partial charge in [-0.1, -0.05) is 35.3 Å². The smallest absolute Gasteiger partial charge is 0.256 e. The zero-order valence-corrected chi connectivity index (χ0v) is 17.1. The molecule has 27 heavy (non-hydrogen) atoms. The summed E-state index contributed by atoms with van der Waals surface area (Å²) < 4.78 is 14.4. The molecule has 4 nitrogen and oxygen atoms in total. The SMILES string of the molecule is Cc1ccc(CNC(=O)C2CCN(C(=O)c3cc(Cl)sc3Cl)CC2)cc1F. The maximum absolute atomic E-state index is 13.6. The Labute approximate surface area is 171 Å². The molecule has 1 aromatic carbocycles. The van der Waals surface area contributed by atoms with Crippen LogP contribution in [0, 0.1) is 18.7 Å². The van der Waals surface area contributed by atoms with Crippen LogP contribution in [0.5, 0.6) is 0 Å². The van der Waals surface area contributed by atoms with Crippen LogP contribution in [0.2, 0.25) is 8.67 Å². The monoisotopic (exact) mass is 428 g/mol. The Balaban J connectivity index is 1.51. The van der Waals surface area contributed by atoms with Gasteiger partial charge in [-0.3, -0.25) is 9.59 Å². The quantitative estimate of drug-likeness (QED) is 0.768. The lowest BCUT2D eigenvalue weighted by molar-refractivity contribution is -0.126. The lowest BCUT2D eigenvalue weighted by Crippen LogP contribution is -2.42. The van der Waals surface area contributed by atoms with Crippen LogP contribution in [-0.2, 0) is 11.3 Å². The maximum atomic E-state index is 13.6. The molecule has 2 aromatic rings. The number of hydrogen-bond donors (Lipinski definition) is 1. The van der Waals surface area contributed by atoms with Gasteiger partial charge in [-0.15, -0.1) is 11.3 Å². The standard InChI is InChI=1S/C19H19Cl2FN2O2S/c1-11-2-3-12(8-15(11)22)10-23-18(25)13-4-6-24(7-5-13)19(26)14-9-16(20)27-17(14)21/h2-3,8-9,13H,4-7,10H2,1H3,(H,23,25). The van der Waals surface area contributed by atoms with E-state index in [2.05, 4.69) is 5.32 Å². The predicted molar refractivity (Wildman–Crippen MR) is 106 cm³/mol. The number of benzene rings is 1. The van der Waals surface area contributed by atoms with Gasteiger partial charge in [-0.05, 0) is 43.0 Å². The highest BCUT2D eigenvalue weighted by molar-refractivity contribution is 7.20. The molecule has 1 fully saturated rings. The molecule has 0 bridgehead atoms. The van der Waals surface area contributed by atoms with E-state index in [-0.39, 0.29) is 30.1 Å². The Morgan fingerprint density at radius 2 is 1.96 bits per heavy atom. The van der Waals surface area contributed by atoms with Crippen molar-refractivity contribution in [3.63, 3.8) is 0 Å². The fourth-order valence-electron chi connectivity index (χ4n) is 3.08. The highest BCUT2D eigenvalue weighted by Gasteiger charge is 2.29. The zero-order chi connectivity index (χ0) is 19.6. The maximum Gasteiger partial charge on any atom is 0.256 e. The van der Waals surface area contributed by atoms with Gasteiger partial charge in [0.15, 0.2) is 0 Å². The second-order valence-electron chi connectivity index (χ2n) is 6.61. The number of rotatable bonds is 4. The van der Waals surface area contributed by atoms with E-state index >= 15 is 0 Å². The third-order valence-electron chi connectivity index (χ3n) is 4.74. The highest BCUT2D eigenvalue weighted by Crippen LogP contribution is 2.32. The second-order valence-corrected chi connectivity index (χ2v) is 8.89. The van der Waals surface area contributed by atoms with Gasteiger partial charge >= 0.3 is 0 Å². The van der Waals surface area contributed by atoms with E-state index in [4.69, 9.17) is 23.2 Å². The van der Waals surface area contributed by atoms with Crippen molar-refractivity contribution in [3.05, 3.63) is 55.4 Å². The normalized spacial score (nSPS) is 15.0. The Kier molecular flexibility index (Phi) is 6.40. The summed E-state index contributed by atoms with van der Waals surface area (Å²) in [5.74, 6) is -0.663. The molecule has 8 heteroatoms. The molecule has 1 aromatic heterocycles. The van der Waals surface area contributed by atoms with Crippen molar-refractivity contribution in [1.82, 2.24) is 10.2 Å². The molecule has 0 unspecified atom stereocenters. The molecule has 1 saturated heterocycles. The number of carbonyl (C=O) groups is 2. The lowest BCUT2D eigenvalue weighted by atomic mass is 9.95. The summed E-state index contributed by atoms with van der Waals surface area (Å²) in [5.41, 5.74) is 1.72. The first-order valence-electron chi connectivity index (χ1n) is 8.62. The topological polar surface area (TPSA) is 49.4 Å². The van der Waals surface area contributed by atoms with E-state index in [9.17, 15) is 14.0 Å². The third-order valence-corrected chi connectivity index (χ3v) is 6.23. The van der Waals surface area contributed by atoms with Crippen molar-refractivity contribution in [1.29, 1.82) is 0 Å². The van der Waals surface area contributed by atoms with Crippen molar-refractivity contribution >= 4 is 46.4 Å². The first kappa shape index (κ1) is 20.1. The van der Waals surface area contributed by atoms with Crippen LogP contribution in [0.15, 0.2) is 24.3 Å². The van der Waals surface area contributed by atoms with Gasteiger partial charge in [0.1, 0.15) is 10.2 Å². The minimum atomic E-state index is -0.277. The Hall–Kier alpha value is -1.63. The summed E-state index contributed by atoms with van der Waals surface area (Å²) in [4.78, 5) is 26.6. The molecule has 0 radical (unpaired) electrons. The molecular formula is C19H19Cl2FN2O2S. The Morgan fingerprint density at radius 3 is 2.56 bits per heavy atom. The number of nitrogens with one attached hydrogen (secondary N) is 1. The van der Waals surface area contributed by atoms with Crippen LogP contribution in [0.1, 0.15) is 34.3 Å². The summed E-state index contributed by atoms with van der Waals surface area (Å²) in [6.45, 7) is 2.96. The van der Waals surface area contributed by atoms with E-state index in [1.807, 2.05) is 0 Å². The summed E-state index contributed by atoms with van der Waals surface area (Å²) in [7, 11) is 0. The van der Waals surface area contributed by atoms with Gasteiger partial charge in [0.05, 0.1) is 9.90 Å². The second kappa shape index (κ2) is 8.59. The van der Waals surface area contributed by atoms with Crippen molar-refractivity contribution in [2.75, 3.05) is 13.1 Å². The first-order valence-corrected chi connectivity index (χ1v) is 10.2. The minimum Gasteiger partial charge on any atom is -0.352 e. The molecule has 3 rings (SSSR count). The van der Waals surface area contributed by atoms with Crippen molar-refractivity contribution in [2.45, 2.75) is 26.3 Å². The number of piperidine rings is 1. The number of carbonyl (C=O) groups excluding carboxylic acids is 2. The average Bonchev–Trinajstić information content (AvgIpc) is 3.00. The molecule has 2 amide bonds. The molecule has 0 atom stereocenters. The number of amides is 2. The Bertz CT molecular complexity index is 863. The van der Waals surface area contributed by atoms with Gasteiger partial charge in [0, 0.05) is 25.6 Å². The van der Waals surface area contributed by atoms with Gasteiger partial charge in [0.2, 0.25) is 5.91 Å². The van der Waals surface area contributed by atoms with E-state index in [0.29, 0.717) is 45.7 Å². The zero-order valence-electron chi connectivity index (χ0n) is 14.7. The van der Waals surface area contributed by atoms with Crippen LogP contribution in [0.3, 0.4) is 0 Å². The van der Waals surface area contributed by atoms with E-state index in [1.54, 1.807) is 30.0 Å². The van der Waals surface area contributed by atoms with Crippen molar-refractivity contribution < 1.29 is 14.0 Å². The molecule has 1 aliphatic heterocycles. The number of aryl methyl sites for hydroxylation is 1. The molecule has 2 heterocycles. The number of likely N-dealkylation sites (tertiary alicyclic amines) is 1. The van der Waals surface area contributed by atoms with Crippen LogP contribution in [-0.4, -0.2) is 29.8 Å². The largest absolute Gasteiger partial charge is 0.352 e. The summed E-state index contributed by atoms with van der Waals surface area (Å²) in [5, 5.41) is 2.86. The average molecular weight is 429 g/mol. The van der Waals surface area contributed by atoms with E-state index in [1.165, 1.54) is 17.4 Å². The van der Waals surface area contributed by atoms with Gasteiger partial charge in [-0.25, -0.2) is 4.39 Å².